The third kappa shape index (κ3) is 2.49. The van der Waals surface area contributed by atoms with E-state index in [4.69, 9.17) is 4.42 Å². The Morgan fingerprint density at radius 1 is 1.35 bits per heavy atom. The van der Waals surface area contributed by atoms with Gasteiger partial charge < -0.3 is 9.73 Å². The molecule has 0 aliphatic heterocycles. The maximum absolute atomic E-state index is 5.42. The molecule has 4 nitrogen and oxygen atoms in total. The molecule has 0 atom stereocenters. The second kappa shape index (κ2) is 4.87. The summed E-state index contributed by atoms with van der Waals surface area (Å²) in [6, 6.07) is 3.72. The van der Waals surface area contributed by atoms with Crippen LogP contribution in [0.25, 0.3) is 11.5 Å². The van der Waals surface area contributed by atoms with Crippen LogP contribution < -0.4 is 5.32 Å². The summed E-state index contributed by atoms with van der Waals surface area (Å²) in [5.74, 6) is 2.60. The van der Waals surface area contributed by atoms with Crippen LogP contribution in [0.15, 0.2) is 27.3 Å². The van der Waals surface area contributed by atoms with Gasteiger partial charge in [0.05, 0.1) is 10.7 Å². The quantitative estimate of drug-likeness (QED) is 0.939. The molecule has 0 radical (unpaired) electrons. The van der Waals surface area contributed by atoms with Gasteiger partial charge in [0.2, 0.25) is 0 Å². The Labute approximate surface area is 109 Å². The maximum Gasteiger partial charge on any atom is 0.166 e. The summed E-state index contributed by atoms with van der Waals surface area (Å²) < 4.78 is 6.32. The minimum Gasteiger partial charge on any atom is -0.461 e. The minimum atomic E-state index is 0.274. The SMILES string of the molecule is CNc1cc(-c2occc2Br)nc(C(C)C)n1. The second-order valence-electron chi connectivity index (χ2n) is 4.00. The summed E-state index contributed by atoms with van der Waals surface area (Å²) in [6.07, 6.45) is 1.63. The summed E-state index contributed by atoms with van der Waals surface area (Å²) in [7, 11) is 1.84. The van der Waals surface area contributed by atoms with Crippen molar-refractivity contribution in [1.29, 1.82) is 0 Å². The molecule has 0 aromatic carbocycles. The number of hydrogen-bond acceptors (Lipinski definition) is 4. The molecule has 0 fully saturated rings. The van der Waals surface area contributed by atoms with Gasteiger partial charge in [-0.3, -0.25) is 0 Å². The van der Waals surface area contributed by atoms with Crippen LogP contribution >= 0.6 is 15.9 Å². The Kier molecular flexibility index (Phi) is 3.47. The minimum absolute atomic E-state index is 0.274. The number of anilines is 1. The third-order valence-electron chi connectivity index (χ3n) is 2.37. The molecule has 0 unspecified atom stereocenters. The van der Waals surface area contributed by atoms with Crippen molar-refractivity contribution in [2.24, 2.45) is 0 Å². The number of aromatic nitrogens is 2. The van der Waals surface area contributed by atoms with Gasteiger partial charge in [0.1, 0.15) is 17.3 Å². The van der Waals surface area contributed by atoms with Crippen molar-refractivity contribution in [3.05, 3.63) is 28.7 Å². The van der Waals surface area contributed by atoms with E-state index in [-0.39, 0.29) is 5.92 Å². The summed E-state index contributed by atoms with van der Waals surface area (Å²) in [5, 5.41) is 3.04. The van der Waals surface area contributed by atoms with Crippen LogP contribution in [0, 0.1) is 0 Å². The van der Waals surface area contributed by atoms with Gasteiger partial charge in [-0.25, -0.2) is 9.97 Å². The first-order valence-electron chi connectivity index (χ1n) is 5.42. The zero-order chi connectivity index (χ0) is 12.4. The molecule has 2 aromatic heterocycles. The highest BCUT2D eigenvalue weighted by molar-refractivity contribution is 9.10. The molecule has 2 heterocycles. The molecule has 1 N–H and O–H groups in total. The van der Waals surface area contributed by atoms with Gasteiger partial charge in [0, 0.05) is 19.0 Å². The molecule has 17 heavy (non-hydrogen) atoms. The highest BCUT2D eigenvalue weighted by Crippen LogP contribution is 2.29. The molecule has 90 valence electrons. The second-order valence-corrected chi connectivity index (χ2v) is 4.85. The zero-order valence-electron chi connectivity index (χ0n) is 9.99. The number of halogens is 1. The summed E-state index contributed by atoms with van der Waals surface area (Å²) in [4.78, 5) is 8.92. The smallest absolute Gasteiger partial charge is 0.166 e. The molecular formula is C12H14BrN3O. The van der Waals surface area contributed by atoms with Gasteiger partial charge in [-0.2, -0.15) is 0 Å². The summed E-state index contributed by atoms with van der Waals surface area (Å²) >= 11 is 3.44. The fourth-order valence-corrected chi connectivity index (χ4v) is 1.85. The normalized spacial score (nSPS) is 10.9. The van der Waals surface area contributed by atoms with Crippen molar-refractivity contribution in [3.63, 3.8) is 0 Å². The van der Waals surface area contributed by atoms with E-state index in [2.05, 4.69) is 45.1 Å². The molecule has 2 aromatic rings. The summed E-state index contributed by atoms with van der Waals surface area (Å²) in [6.45, 7) is 4.13. The molecule has 2 rings (SSSR count). The topological polar surface area (TPSA) is 51.0 Å². The molecule has 0 amide bonds. The fraction of sp³-hybridized carbons (Fsp3) is 0.333. The molecule has 0 saturated heterocycles. The number of rotatable bonds is 3. The van der Waals surface area contributed by atoms with Gasteiger partial charge in [-0.1, -0.05) is 13.8 Å². The van der Waals surface area contributed by atoms with Gasteiger partial charge in [0.15, 0.2) is 5.76 Å². The van der Waals surface area contributed by atoms with Crippen LogP contribution in [0.1, 0.15) is 25.6 Å². The molecule has 0 spiro atoms. The average molecular weight is 296 g/mol. The van der Waals surface area contributed by atoms with Crippen molar-refractivity contribution in [3.8, 4) is 11.5 Å². The van der Waals surface area contributed by atoms with E-state index in [1.54, 1.807) is 6.26 Å². The first kappa shape index (κ1) is 12.1. The molecular weight excluding hydrogens is 282 g/mol. The lowest BCUT2D eigenvalue weighted by atomic mass is 10.2. The van der Waals surface area contributed by atoms with Crippen LogP contribution in [-0.4, -0.2) is 17.0 Å². The van der Waals surface area contributed by atoms with Crippen LogP contribution in [-0.2, 0) is 0 Å². The van der Waals surface area contributed by atoms with E-state index in [9.17, 15) is 0 Å². The predicted molar refractivity (Wildman–Crippen MR) is 71.1 cm³/mol. The van der Waals surface area contributed by atoms with Crippen LogP contribution in [0.2, 0.25) is 0 Å². The van der Waals surface area contributed by atoms with E-state index in [1.165, 1.54) is 0 Å². The van der Waals surface area contributed by atoms with E-state index >= 15 is 0 Å². The Morgan fingerprint density at radius 2 is 2.12 bits per heavy atom. The zero-order valence-corrected chi connectivity index (χ0v) is 11.6. The van der Waals surface area contributed by atoms with E-state index in [1.807, 2.05) is 19.2 Å². The van der Waals surface area contributed by atoms with E-state index < -0.39 is 0 Å². The lowest BCUT2D eigenvalue weighted by molar-refractivity contribution is 0.577. The average Bonchev–Trinajstić information content (AvgIpc) is 2.74. The van der Waals surface area contributed by atoms with Crippen LogP contribution in [0.3, 0.4) is 0 Å². The maximum atomic E-state index is 5.42. The molecule has 0 bridgehead atoms. The Balaban J connectivity index is 2.54. The third-order valence-corrected chi connectivity index (χ3v) is 2.99. The number of hydrogen-bond donors (Lipinski definition) is 1. The van der Waals surface area contributed by atoms with Crippen molar-refractivity contribution < 1.29 is 4.42 Å². The van der Waals surface area contributed by atoms with Gasteiger partial charge in [-0.05, 0) is 22.0 Å². The first-order valence-corrected chi connectivity index (χ1v) is 6.21. The van der Waals surface area contributed by atoms with Crippen molar-refractivity contribution in [1.82, 2.24) is 9.97 Å². The standard InChI is InChI=1S/C12H14BrN3O/c1-7(2)12-15-9(6-10(14-3)16-12)11-8(13)4-5-17-11/h4-7H,1-3H3,(H,14,15,16). The largest absolute Gasteiger partial charge is 0.461 e. The molecule has 5 heteroatoms. The van der Waals surface area contributed by atoms with Gasteiger partial charge >= 0.3 is 0 Å². The van der Waals surface area contributed by atoms with Gasteiger partial charge in [0.25, 0.3) is 0 Å². The lowest BCUT2D eigenvalue weighted by Gasteiger charge is -2.08. The number of nitrogens with zero attached hydrogens (tertiary/aromatic N) is 2. The predicted octanol–water partition coefficient (Wildman–Crippen LogP) is 3.66. The molecule has 0 aliphatic carbocycles. The molecule has 0 saturated carbocycles. The van der Waals surface area contributed by atoms with Crippen molar-refractivity contribution in [2.45, 2.75) is 19.8 Å². The molecule has 0 aliphatic rings. The fourth-order valence-electron chi connectivity index (χ4n) is 1.44. The van der Waals surface area contributed by atoms with Gasteiger partial charge in [-0.15, -0.1) is 0 Å². The monoisotopic (exact) mass is 295 g/mol. The Morgan fingerprint density at radius 3 is 2.65 bits per heavy atom. The number of nitrogens with one attached hydrogen (secondary N) is 1. The lowest BCUT2D eigenvalue weighted by Crippen LogP contribution is -2.03. The Bertz CT molecular complexity index is 522. The first-order chi connectivity index (χ1) is 8.11. The highest BCUT2D eigenvalue weighted by atomic mass is 79.9. The number of furan rings is 1. The highest BCUT2D eigenvalue weighted by Gasteiger charge is 2.13. The van der Waals surface area contributed by atoms with Crippen LogP contribution in [0.4, 0.5) is 5.82 Å². The summed E-state index contributed by atoms with van der Waals surface area (Å²) in [5.41, 5.74) is 0.782. The van der Waals surface area contributed by atoms with E-state index in [0.29, 0.717) is 0 Å². The Hall–Kier alpha value is -1.36. The van der Waals surface area contributed by atoms with Crippen LogP contribution in [0.5, 0.6) is 0 Å². The van der Waals surface area contributed by atoms with E-state index in [0.717, 1.165) is 27.6 Å². The van der Waals surface area contributed by atoms with Crippen molar-refractivity contribution >= 4 is 21.7 Å². The van der Waals surface area contributed by atoms with Crippen molar-refractivity contribution in [2.75, 3.05) is 12.4 Å².